The third kappa shape index (κ3) is 2.32. The summed E-state index contributed by atoms with van der Waals surface area (Å²) < 4.78 is 38.8. The first-order chi connectivity index (χ1) is 6.49. The zero-order valence-corrected chi connectivity index (χ0v) is 9.68. The Hall–Kier alpha value is -0.902. The summed E-state index contributed by atoms with van der Waals surface area (Å²) in [6.45, 7) is 0. The first-order valence-electron chi connectivity index (χ1n) is 3.77. The fourth-order valence-corrected chi connectivity index (χ4v) is 2.59. The van der Waals surface area contributed by atoms with Crippen molar-refractivity contribution >= 4 is 18.5 Å². The van der Waals surface area contributed by atoms with Gasteiger partial charge in [-0.25, -0.2) is 0 Å². The van der Waals surface area contributed by atoms with E-state index >= 15 is 0 Å². The van der Waals surface area contributed by atoms with E-state index in [0.717, 1.165) is 0 Å². The number of methoxy groups -OCH3 is 2. The molecule has 1 aromatic carbocycles. The van der Waals surface area contributed by atoms with Crippen molar-refractivity contribution in [2.24, 2.45) is 0 Å². The first kappa shape index (κ1) is 11.2. The van der Waals surface area contributed by atoms with E-state index < -0.39 is 14.2 Å². The molecule has 1 aromatic rings. The molecule has 1 rings (SSSR count). The fourth-order valence-electron chi connectivity index (χ4n) is 1.02. The molecule has 0 radical (unpaired) electrons. The van der Waals surface area contributed by atoms with E-state index in [2.05, 4.69) is 0 Å². The van der Waals surface area contributed by atoms with Crippen LogP contribution < -0.4 is 13.8 Å². The second-order valence-corrected chi connectivity index (χ2v) is 5.88. The molecule has 0 amide bonds. The Bertz CT molecular complexity index is 370. The van der Waals surface area contributed by atoms with Crippen LogP contribution in [0.15, 0.2) is 18.2 Å². The predicted molar refractivity (Wildman–Crippen MR) is 50.1 cm³/mol. The quantitative estimate of drug-likeness (QED) is 0.702. The topological polar surface area (TPSA) is 76.0 Å². The average Bonchev–Trinajstić information content (AvgIpc) is 2.15. The van der Waals surface area contributed by atoms with Gasteiger partial charge in [0.05, 0.1) is 0 Å². The minimum absolute atomic E-state index is 0.107. The Morgan fingerprint density at radius 3 is 2.29 bits per heavy atom. The molecule has 0 bridgehead atoms. The number of hydrogen-bond donors (Lipinski definition) is 2. The van der Waals surface area contributed by atoms with Crippen LogP contribution in [0.5, 0.6) is 11.5 Å². The van der Waals surface area contributed by atoms with Gasteiger partial charge in [0, 0.05) is 0 Å². The van der Waals surface area contributed by atoms with Gasteiger partial charge in [-0.15, -0.1) is 0 Å². The van der Waals surface area contributed by atoms with Gasteiger partial charge in [0.15, 0.2) is 0 Å². The van der Waals surface area contributed by atoms with Crippen LogP contribution in [0.25, 0.3) is 0 Å². The summed E-state index contributed by atoms with van der Waals surface area (Å²) in [5, 5.41) is 0. The van der Waals surface area contributed by atoms with Gasteiger partial charge >= 0.3 is 83.8 Å². The molecular weight excluding hydrogens is 251 g/mol. The SMILES string of the molecule is COc1ccc(OC)c([As](=O)(O)O)c1. The molecule has 6 heteroatoms. The Labute approximate surface area is 84.3 Å². The molecule has 0 unspecified atom stereocenters. The van der Waals surface area contributed by atoms with Crippen LogP contribution in [-0.4, -0.2) is 36.6 Å². The summed E-state index contributed by atoms with van der Waals surface area (Å²) in [5.74, 6) is 0.573. The molecule has 0 atom stereocenters. The van der Waals surface area contributed by atoms with E-state index in [9.17, 15) is 3.74 Å². The Kier molecular flexibility index (Phi) is 3.26. The molecule has 0 aliphatic carbocycles. The second kappa shape index (κ2) is 4.09. The number of rotatable bonds is 3. The van der Waals surface area contributed by atoms with Crippen molar-refractivity contribution in [3.63, 3.8) is 0 Å². The van der Waals surface area contributed by atoms with Gasteiger partial charge < -0.3 is 0 Å². The van der Waals surface area contributed by atoms with Gasteiger partial charge in [0.2, 0.25) is 0 Å². The summed E-state index contributed by atoms with van der Waals surface area (Å²) in [4.78, 5) is 0. The van der Waals surface area contributed by atoms with Crippen LogP contribution in [0.3, 0.4) is 0 Å². The molecule has 78 valence electrons. The molecule has 5 nitrogen and oxygen atoms in total. The van der Waals surface area contributed by atoms with Crippen molar-refractivity contribution in [1.82, 2.24) is 0 Å². The van der Waals surface area contributed by atoms with Crippen LogP contribution in [0, 0.1) is 0 Å². The molecule has 0 saturated carbocycles. The van der Waals surface area contributed by atoms with Crippen LogP contribution in [-0.2, 0) is 3.74 Å². The molecule has 14 heavy (non-hydrogen) atoms. The van der Waals surface area contributed by atoms with E-state index in [4.69, 9.17) is 17.7 Å². The number of benzene rings is 1. The number of ether oxygens (including phenoxy) is 2. The van der Waals surface area contributed by atoms with Crippen molar-refractivity contribution in [3.05, 3.63) is 18.2 Å². The second-order valence-electron chi connectivity index (χ2n) is 2.58. The molecule has 0 saturated heterocycles. The molecule has 2 N–H and O–H groups in total. The maximum absolute atomic E-state index is 11.1. The fraction of sp³-hybridized carbons (Fsp3) is 0.250. The van der Waals surface area contributed by atoms with Gasteiger partial charge in [-0.1, -0.05) is 0 Å². The van der Waals surface area contributed by atoms with E-state index in [0.29, 0.717) is 5.75 Å². The van der Waals surface area contributed by atoms with Crippen LogP contribution >= 0.6 is 0 Å². The zero-order valence-electron chi connectivity index (χ0n) is 7.80. The van der Waals surface area contributed by atoms with Crippen molar-refractivity contribution in [1.29, 1.82) is 0 Å². The third-order valence-electron chi connectivity index (χ3n) is 1.70. The molecule has 0 aliphatic rings. The molecule has 0 heterocycles. The molecular formula is C8H11AsO5. The van der Waals surface area contributed by atoms with E-state index in [-0.39, 0.29) is 10.1 Å². The summed E-state index contributed by atoms with van der Waals surface area (Å²) in [6, 6.07) is 4.33. The van der Waals surface area contributed by atoms with E-state index in [1.165, 1.54) is 26.4 Å². The maximum atomic E-state index is 11.1. The summed E-state index contributed by atoms with van der Waals surface area (Å²) in [5.41, 5.74) is 0. The Balaban J connectivity index is 3.29. The summed E-state index contributed by atoms with van der Waals surface area (Å²) in [7, 11) is 2.79. The predicted octanol–water partition coefficient (Wildman–Crippen LogP) is -0.735. The third-order valence-corrected chi connectivity index (χ3v) is 3.75. The van der Waals surface area contributed by atoms with Gasteiger partial charge in [0.1, 0.15) is 0 Å². The van der Waals surface area contributed by atoms with Crippen LogP contribution in [0.2, 0.25) is 0 Å². The van der Waals surface area contributed by atoms with E-state index in [1.807, 2.05) is 0 Å². The van der Waals surface area contributed by atoms with Gasteiger partial charge in [-0.3, -0.25) is 0 Å². The number of hydrogen-bond acceptors (Lipinski definition) is 3. The van der Waals surface area contributed by atoms with Crippen molar-refractivity contribution < 1.29 is 21.4 Å². The monoisotopic (exact) mass is 262 g/mol. The van der Waals surface area contributed by atoms with Gasteiger partial charge in [0.25, 0.3) is 0 Å². The molecule has 0 spiro atoms. The molecule has 0 aromatic heterocycles. The summed E-state index contributed by atoms with van der Waals surface area (Å²) in [6.07, 6.45) is 0. The molecule has 0 aliphatic heterocycles. The van der Waals surface area contributed by atoms with Crippen molar-refractivity contribution in [2.75, 3.05) is 14.2 Å². The molecule has 0 fully saturated rings. The first-order valence-corrected chi connectivity index (χ1v) is 7.15. The van der Waals surface area contributed by atoms with E-state index in [1.54, 1.807) is 6.07 Å². The van der Waals surface area contributed by atoms with Crippen molar-refractivity contribution in [3.8, 4) is 11.5 Å². The Morgan fingerprint density at radius 1 is 1.21 bits per heavy atom. The normalized spacial score (nSPS) is 11.1. The Morgan fingerprint density at radius 2 is 1.86 bits per heavy atom. The van der Waals surface area contributed by atoms with Crippen molar-refractivity contribution in [2.45, 2.75) is 0 Å². The minimum atomic E-state index is -4.94. The van der Waals surface area contributed by atoms with Gasteiger partial charge in [-0.2, -0.15) is 0 Å². The average molecular weight is 262 g/mol. The zero-order chi connectivity index (χ0) is 10.8. The van der Waals surface area contributed by atoms with Crippen LogP contribution in [0.4, 0.5) is 0 Å². The van der Waals surface area contributed by atoms with Gasteiger partial charge in [-0.05, 0) is 0 Å². The summed E-state index contributed by atoms with van der Waals surface area (Å²) >= 11 is -4.94. The standard InChI is InChI=1S/C8H11AsO5/c1-13-6-3-4-8(14-2)7(5-6)9(10,11)12/h3-5H,1-2H3,(H2,10,11,12). The van der Waals surface area contributed by atoms with Crippen LogP contribution in [0.1, 0.15) is 0 Å².